The largest absolute Gasteiger partial charge is 0.329 e. The molecule has 3 aromatic carbocycles. The monoisotopic (exact) mass is 439 g/mol. The van der Waals surface area contributed by atoms with Crippen LogP contribution in [0.25, 0.3) is 22.5 Å². The van der Waals surface area contributed by atoms with Crippen molar-refractivity contribution in [3.63, 3.8) is 0 Å². The van der Waals surface area contributed by atoms with Crippen LogP contribution in [0.4, 0.5) is 9.18 Å². The summed E-state index contributed by atoms with van der Waals surface area (Å²) in [6, 6.07) is 21.9. The molecule has 5 rings (SSSR count). The molecule has 1 aliphatic heterocycles. The first kappa shape index (κ1) is 20.7. The van der Waals surface area contributed by atoms with Crippen molar-refractivity contribution < 1.29 is 14.0 Å². The average Bonchev–Trinajstić information content (AvgIpc) is 3.24. The van der Waals surface area contributed by atoms with Gasteiger partial charge in [-0.3, -0.25) is 9.69 Å². The van der Waals surface area contributed by atoms with Gasteiger partial charge in [-0.1, -0.05) is 54.6 Å². The van der Waals surface area contributed by atoms with Crippen LogP contribution < -0.4 is 5.32 Å². The van der Waals surface area contributed by atoms with Crippen LogP contribution in [0.5, 0.6) is 0 Å². The third-order valence-corrected chi connectivity index (χ3v) is 6.03. The molecule has 3 amide bonds. The second kappa shape index (κ2) is 8.06. The third-order valence-electron chi connectivity index (χ3n) is 6.03. The van der Waals surface area contributed by atoms with Crippen molar-refractivity contribution in [3.8, 4) is 5.69 Å². The van der Waals surface area contributed by atoms with Crippen LogP contribution in [-0.2, 0) is 11.3 Å². The molecule has 33 heavy (non-hydrogen) atoms. The molecule has 0 bridgehead atoms. The SMILES string of the molecule is Cc1cc(/C=C2/NC(=O)N(Cc3ccccc3F)C2=O)c(C)n1-c1cccc2ccccc12. The van der Waals surface area contributed by atoms with Crippen LogP contribution in [0.1, 0.15) is 22.5 Å². The minimum atomic E-state index is -0.558. The number of rotatable bonds is 4. The van der Waals surface area contributed by atoms with E-state index in [2.05, 4.69) is 34.1 Å². The summed E-state index contributed by atoms with van der Waals surface area (Å²) in [5.74, 6) is -0.924. The molecule has 0 atom stereocenters. The molecule has 2 heterocycles. The molecular weight excluding hydrogens is 417 g/mol. The highest BCUT2D eigenvalue weighted by atomic mass is 19.1. The summed E-state index contributed by atoms with van der Waals surface area (Å²) < 4.78 is 16.2. The Morgan fingerprint density at radius 2 is 1.67 bits per heavy atom. The number of aromatic nitrogens is 1. The van der Waals surface area contributed by atoms with Gasteiger partial charge in [0.25, 0.3) is 5.91 Å². The Labute approximate surface area is 190 Å². The number of fused-ring (bicyclic) bond motifs is 1. The summed E-state index contributed by atoms with van der Waals surface area (Å²) in [7, 11) is 0. The van der Waals surface area contributed by atoms with Gasteiger partial charge in [-0.05, 0) is 49.1 Å². The van der Waals surface area contributed by atoms with Crippen molar-refractivity contribution in [1.29, 1.82) is 0 Å². The van der Waals surface area contributed by atoms with E-state index in [1.54, 1.807) is 24.3 Å². The highest BCUT2D eigenvalue weighted by Crippen LogP contribution is 2.29. The van der Waals surface area contributed by atoms with Gasteiger partial charge < -0.3 is 9.88 Å². The predicted molar refractivity (Wildman–Crippen MR) is 126 cm³/mol. The molecule has 0 unspecified atom stereocenters. The number of hydrogen-bond donors (Lipinski definition) is 1. The van der Waals surface area contributed by atoms with Crippen molar-refractivity contribution in [1.82, 2.24) is 14.8 Å². The zero-order valence-corrected chi connectivity index (χ0v) is 18.3. The summed E-state index contributed by atoms with van der Waals surface area (Å²) in [4.78, 5) is 26.4. The number of nitrogens with zero attached hydrogens (tertiary/aromatic N) is 2. The van der Waals surface area contributed by atoms with E-state index in [1.165, 1.54) is 6.07 Å². The van der Waals surface area contributed by atoms with Gasteiger partial charge in [0.2, 0.25) is 0 Å². The highest BCUT2D eigenvalue weighted by molar-refractivity contribution is 6.14. The molecule has 1 fully saturated rings. The smallest absolute Gasteiger partial charge is 0.317 e. The molecule has 6 heteroatoms. The molecule has 0 aliphatic carbocycles. The Bertz CT molecular complexity index is 1450. The van der Waals surface area contributed by atoms with Crippen molar-refractivity contribution >= 4 is 28.8 Å². The van der Waals surface area contributed by atoms with E-state index in [0.717, 1.165) is 38.3 Å². The van der Waals surface area contributed by atoms with E-state index in [9.17, 15) is 14.0 Å². The normalized spacial score (nSPS) is 15.0. The molecular formula is C27H22FN3O2. The number of aryl methyl sites for hydroxylation is 1. The fourth-order valence-corrected chi connectivity index (χ4v) is 4.38. The van der Waals surface area contributed by atoms with Gasteiger partial charge in [-0.2, -0.15) is 0 Å². The number of nitrogens with one attached hydrogen (secondary N) is 1. The maximum Gasteiger partial charge on any atom is 0.329 e. The highest BCUT2D eigenvalue weighted by Gasteiger charge is 2.34. The standard InChI is InChI=1S/C27H22FN3O2/c1-17-14-21(18(2)31(17)25-13-7-10-19-8-3-5-11-22(19)25)15-24-26(32)30(27(33)29-24)16-20-9-4-6-12-23(20)28/h3-15H,16H2,1-2H3,(H,29,33)/b24-15+. The van der Waals surface area contributed by atoms with Crippen LogP contribution in [0, 0.1) is 19.7 Å². The van der Waals surface area contributed by atoms with E-state index in [1.807, 2.05) is 38.1 Å². The number of halogens is 1. The molecule has 1 N–H and O–H groups in total. The van der Waals surface area contributed by atoms with Crippen LogP contribution in [0.3, 0.4) is 0 Å². The molecule has 0 saturated carbocycles. The third kappa shape index (κ3) is 3.59. The van der Waals surface area contributed by atoms with Gasteiger partial charge in [0.1, 0.15) is 11.5 Å². The minimum absolute atomic E-state index is 0.121. The Morgan fingerprint density at radius 1 is 0.939 bits per heavy atom. The molecule has 1 aliphatic rings. The summed E-state index contributed by atoms with van der Waals surface area (Å²) in [5, 5.41) is 4.90. The number of carbonyl (C=O) groups is 2. The van der Waals surface area contributed by atoms with E-state index < -0.39 is 17.8 Å². The fourth-order valence-electron chi connectivity index (χ4n) is 4.38. The van der Waals surface area contributed by atoms with Gasteiger partial charge in [-0.25, -0.2) is 9.18 Å². The summed E-state index contributed by atoms with van der Waals surface area (Å²) in [6.45, 7) is 3.87. The maximum absolute atomic E-state index is 14.0. The Morgan fingerprint density at radius 3 is 2.48 bits per heavy atom. The summed E-state index contributed by atoms with van der Waals surface area (Å²) >= 11 is 0. The Balaban J connectivity index is 1.50. The van der Waals surface area contributed by atoms with E-state index in [4.69, 9.17) is 0 Å². The number of carbonyl (C=O) groups excluding carboxylic acids is 2. The van der Waals surface area contributed by atoms with Gasteiger partial charge in [0, 0.05) is 22.3 Å². The second-order valence-electron chi connectivity index (χ2n) is 8.13. The molecule has 4 aromatic rings. The van der Waals surface area contributed by atoms with Crippen LogP contribution in [0.15, 0.2) is 78.5 Å². The maximum atomic E-state index is 14.0. The molecule has 1 saturated heterocycles. The average molecular weight is 439 g/mol. The van der Waals surface area contributed by atoms with Crippen LogP contribution >= 0.6 is 0 Å². The first-order valence-corrected chi connectivity index (χ1v) is 10.7. The number of benzene rings is 3. The molecule has 0 radical (unpaired) electrons. The molecule has 164 valence electrons. The molecule has 1 aromatic heterocycles. The first-order valence-electron chi connectivity index (χ1n) is 10.7. The van der Waals surface area contributed by atoms with Crippen LogP contribution in [-0.4, -0.2) is 21.4 Å². The van der Waals surface area contributed by atoms with Gasteiger partial charge in [0.15, 0.2) is 0 Å². The van der Waals surface area contributed by atoms with Gasteiger partial charge >= 0.3 is 6.03 Å². The lowest BCUT2D eigenvalue weighted by molar-refractivity contribution is -0.123. The lowest BCUT2D eigenvalue weighted by Crippen LogP contribution is -2.30. The lowest BCUT2D eigenvalue weighted by atomic mass is 10.1. The lowest BCUT2D eigenvalue weighted by Gasteiger charge is -2.13. The van der Waals surface area contributed by atoms with Crippen molar-refractivity contribution in [3.05, 3.63) is 107 Å². The molecule has 0 spiro atoms. The van der Waals surface area contributed by atoms with E-state index in [-0.39, 0.29) is 17.8 Å². The zero-order chi connectivity index (χ0) is 23.1. The first-order chi connectivity index (χ1) is 15.9. The quantitative estimate of drug-likeness (QED) is 0.338. The van der Waals surface area contributed by atoms with E-state index in [0.29, 0.717) is 0 Å². The van der Waals surface area contributed by atoms with Crippen molar-refractivity contribution in [2.45, 2.75) is 20.4 Å². The van der Waals surface area contributed by atoms with Gasteiger partial charge in [-0.15, -0.1) is 0 Å². The zero-order valence-electron chi connectivity index (χ0n) is 18.3. The topological polar surface area (TPSA) is 54.3 Å². The Kier molecular flexibility index (Phi) is 5.05. The van der Waals surface area contributed by atoms with Gasteiger partial charge in [0.05, 0.1) is 12.2 Å². The second-order valence-corrected chi connectivity index (χ2v) is 8.13. The number of hydrogen-bond acceptors (Lipinski definition) is 2. The number of urea groups is 1. The minimum Gasteiger partial charge on any atom is -0.317 e. The number of amides is 3. The number of imide groups is 1. The Hall–Kier alpha value is -4.19. The van der Waals surface area contributed by atoms with Crippen molar-refractivity contribution in [2.75, 3.05) is 0 Å². The predicted octanol–water partition coefficient (Wildman–Crippen LogP) is 5.48. The molecule has 5 nitrogen and oxygen atoms in total. The summed E-state index contributed by atoms with van der Waals surface area (Å²) in [5.41, 5.74) is 4.31. The van der Waals surface area contributed by atoms with E-state index >= 15 is 0 Å². The van der Waals surface area contributed by atoms with Crippen LogP contribution in [0.2, 0.25) is 0 Å². The van der Waals surface area contributed by atoms with Crippen molar-refractivity contribution in [2.24, 2.45) is 0 Å². The fraction of sp³-hybridized carbons (Fsp3) is 0.111. The summed E-state index contributed by atoms with van der Waals surface area (Å²) in [6.07, 6.45) is 1.69.